The fraction of sp³-hybridized carbons (Fsp3) is 0.586. The number of nitrogens with zero attached hydrogens (tertiary/aromatic N) is 1. The van der Waals surface area contributed by atoms with Crippen LogP contribution in [0.4, 0.5) is 0 Å². The zero-order valence-corrected chi connectivity index (χ0v) is 22.3. The van der Waals surface area contributed by atoms with Gasteiger partial charge in [-0.1, -0.05) is 32.9 Å². The lowest BCUT2D eigenvalue weighted by atomic mass is 9.73. The van der Waals surface area contributed by atoms with E-state index in [1.807, 2.05) is 30.5 Å². The third kappa shape index (κ3) is 6.56. The predicted molar refractivity (Wildman–Crippen MR) is 140 cm³/mol. The zero-order valence-electron chi connectivity index (χ0n) is 22.3. The highest BCUT2D eigenvalue weighted by atomic mass is 16.5. The van der Waals surface area contributed by atoms with Gasteiger partial charge in [-0.2, -0.15) is 0 Å². The van der Waals surface area contributed by atoms with Crippen molar-refractivity contribution in [2.75, 3.05) is 13.7 Å². The summed E-state index contributed by atoms with van der Waals surface area (Å²) in [6.07, 6.45) is 6.69. The van der Waals surface area contributed by atoms with E-state index in [1.165, 1.54) is 12.5 Å². The molecule has 0 saturated heterocycles. The molecule has 196 valence electrons. The molecule has 1 aromatic carbocycles. The number of hydrogen-bond acceptors (Lipinski definition) is 6. The van der Waals surface area contributed by atoms with Gasteiger partial charge in [-0.25, -0.2) is 4.98 Å². The molecule has 7 heteroatoms. The van der Waals surface area contributed by atoms with Crippen LogP contribution in [0.25, 0.3) is 0 Å². The second-order valence-electron chi connectivity index (χ2n) is 11.7. The Labute approximate surface area is 215 Å². The van der Waals surface area contributed by atoms with Gasteiger partial charge in [0.2, 0.25) is 11.8 Å². The monoisotopic (exact) mass is 495 g/mol. The average molecular weight is 496 g/mol. The van der Waals surface area contributed by atoms with Gasteiger partial charge in [-0.3, -0.25) is 4.79 Å². The van der Waals surface area contributed by atoms with Crippen molar-refractivity contribution in [2.24, 2.45) is 5.41 Å². The Balaban J connectivity index is 1.50. The Morgan fingerprint density at radius 1 is 1.28 bits per heavy atom. The number of aliphatic hydroxyl groups excluding tert-OH is 1. The predicted octanol–water partition coefficient (Wildman–Crippen LogP) is 4.12. The first kappa shape index (κ1) is 26.4. The minimum atomic E-state index is -0.769. The van der Waals surface area contributed by atoms with E-state index in [-0.39, 0.29) is 23.0 Å². The standard InChI is InChI=1S/C29H41N3O4/c1-19(33)32-24(14-20-8-6-9-22(12-20)35-5)26(34)18-30-25-16-29(10-7-11-29)36-27-23(25)13-21(17-31-27)15-28(2,3)4/h6,8-9,12-13,17,24-26,30,34H,7,10-11,14-16,18H2,1-5H3,(H,32,33)/t24-,25-,26-/m0/s1. The third-order valence-corrected chi connectivity index (χ3v) is 7.22. The van der Waals surface area contributed by atoms with Gasteiger partial charge in [0.15, 0.2) is 0 Å². The van der Waals surface area contributed by atoms with E-state index in [9.17, 15) is 9.90 Å². The maximum absolute atomic E-state index is 11.9. The number of pyridine rings is 1. The summed E-state index contributed by atoms with van der Waals surface area (Å²) in [5, 5.41) is 17.7. The molecule has 1 aliphatic carbocycles. The van der Waals surface area contributed by atoms with Crippen molar-refractivity contribution in [3.8, 4) is 11.6 Å². The van der Waals surface area contributed by atoms with Crippen molar-refractivity contribution in [3.63, 3.8) is 0 Å². The Kier molecular flexibility index (Phi) is 7.90. The van der Waals surface area contributed by atoms with Gasteiger partial charge in [0.05, 0.1) is 19.3 Å². The largest absolute Gasteiger partial charge is 0.497 e. The van der Waals surface area contributed by atoms with Crippen molar-refractivity contribution in [1.82, 2.24) is 15.6 Å². The number of rotatable bonds is 9. The molecular weight excluding hydrogens is 454 g/mol. The van der Waals surface area contributed by atoms with Crippen LogP contribution < -0.4 is 20.1 Å². The van der Waals surface area contributed by atoms with Crippen molar-refractivity contribution < 1.29 is 19.4 Å². The number of ether oxygens (including phenoxy) is 2. The first-order chi connectivity index (χ1) is 17.1. The van der Waals surface area contributed by atoms with Crippen LogP contribution in [0.1, 0.15) is 76.1 Å². The molecule has 1 spiro atoms. The van der Waals surface area contributed by atoms with Gasteiger partial charge in [0.1, 0.15) is 11.4 Å². The molecule has 2 aliphatic rings. The second-order valence-corrected chi connectivity index (χ2v) is 11.7. The molecule has 2 aromatic rings. The Morgan fingerprint density at radius 3 is 2.69 bits per heavy atom. The highest BCUT2D eigenvalue weighted by Crippen LogP contribution is 2.48. The molecular formula is C29H41N3O4. The van der Waals surface area contributed by atoms with Crippen LogP contribution >= 0.6 is 0 Å². The van der Waals surface area contributed by atoms with E-state index < -0.39 is 12.1 Å². The minimum Gasteiger partial charge on any atom is -0.497 e. The summed E-state index contributed by atoms with van der Waals surface area (Å²) < 4.78 is 11.7. The van der Waals surface area contributed by atoms with Crippen molar-refractivity contribution >= 4 is 5.91 Å². The highest BCUT2D eigenvalue weighted by Gasteiger charge is 2.46. The molecule has 1 fully saturated rings. The molecule has 36 heavy (non-hydrogen) atoms. The van der Waals surface area contributed by atoms with E-state index in [2.05, 4.69) is 37.5 Å². The summed E-state index contributed by atoms with van der Waals surface area (Å²) in [5.41, 5.74) is 3.24. The maximum Gasteiger partial charge on any atom is 0.218 e. The molecule has 7 nitrogen and oxygen atoms in total. The van der Waals surface area contributed by atoms with E-state index in [0.29, 0.717) is 18.8 Å². The molecule has 0 bridgehead atoms. The number of nitrogens with one attached hydrogen (secondary N) is 2. The molecule has 1 aliphatic heterocycles. The quantitative estimate of drug-likeness (QED) is 0.485. The van der Waals surface area contributed by atoms with Crippen molar-refractivity contribution in [3.05, 3.63) is 53.2 Å². The smallest absolute Gasteiger partial charge is 0.218 e. The zero-order chi connectivity index (χ0) is 25.9. The Hall–Kier alpha value is -2.64. The molecule has 1 amide bonds. The van der Waals surface area contributed by atoms with Crippen LogP contribution in [0.5, 0.6) is 11.6 Å². The van der Waals surface area contributed by atoms with Gasteiger partial charge in [0.25, 0.3) is 0 Å². The molecule has 3 N–H and O–H groups in total. The van der Waals surface area contributed by atoms with Gasteiger partial charge in [-0.15, -0.1) is 0 Å². The molecule has 1 aromatic heterocycles. The lowest BCUT2D eigenvalue weighted by Crippen LogP contribution is -2.52. The third-order valence-electron chi connectivity index (χ3n) is 7.22. The Bertz CT molecular complexity index is 1060. The number of fused-ring (bicyclic) bond motifs is 1. The number of carbonyl (C=O) groups excluding carboxylic acids is 1. The van der Waals surface area contributed by atoms with E-state index >= 15 is 0 Å². The maximum atomic E-state index is 11.9. The van der Waals surface area contributed by atoms with Crippen molar-refractivity contribution in [1.29, 1.82) is 0 Å². The SMILES string of the molecule is COc1cccc(C[C@H](NC(C)=O)[C@@H](O)CN[C@H]2CC3(CCC3)Oc3ncc(CC(C)(C)C)cc32)c1. The Morgan fingerprint density at radius 2 is 2.06 bits per heavy atom. The van der Waals surface area contributed by atoms with E-state index in [4.69, 9.17) is 14.5 Å². The van der Waals surface area contributed by atoms with Crippen molar-refractivity contribution in [2.45, 2.75) is 90.0 Å². The van der Waals surface area contributed by atoms with Crippen LogP contribution in [0.15, 0.2) is 36.5 Å². The highest BCUT2D eigenvalue weighted by molar-refractivity contribution is 5.73. The fourth-order valence-corrected chi connectivity index (χ4v) is 5.35. The first-order valence-corrected chi connectivity index (χ1v) is 13.1. The molecule has 2 heterocycles. The van der Waals surface area contributed by atoms with Crippen LogP contribution in [-0.2, 0) is 17.6 Å². The van der Waals surface area contributed by atoms with Crippen LogP contribution in [-0.4, -0.2) is 47.4 Å². The molecule has 0 unspecified atom stereocenters. The van der Waals surface area contributed by atoms with Gasteiger partial charge in [-0.05, 0) is 66.8 Å². The van der Waals surface area contributed by atoms with Crippen LogP contribution in [0, 0.1) is 5.41 Å². The lowest BCUT2D eigenvalue weighted by molar-refractivity contribution is -0.120. The normalized spacial score (nSPS) is 20.0. The van der Waals surface area contributed by atoms with Gasteiger partial charge in [0, 0.05) is 37.7 Å². The van der Waals surface area contributed by atoms with Gasteiger partial charge >= 0.3 is 0 Å². The second kappa shape index (κ2) is 10.8. The number of aromatic nitrogens is 1. The molecule has 0 radical (unpaired) electrons. The number of carbonyl (C=O) groups is 1. The topological polar surface area (TPSA) is 92.7 Å². The summed E-state index contributed by atoms with van der Waals surface area (Å²) in [5.74, 6) is 1.30. The lowest BCUT2D eigenvalue weighted by Gasteiger charge is -2.47. The average Bonchev–Trinajstić information content (AvgIpc) is 2.79. The summed E-state index contributed by atoms with van der Waals surface area (Å²) in [6, 6.07) is 9.54. The minimum absolute atomic E-state index is 0.0333. The van der Waals surface area contributed by atoms with Gasteiger partial charge < -0.3 is 25.2 Å². The number of methoxy groups -OCH3 is 1. The summed E-state index contributed by atoms with van der Waals surface area (Å²) in [7, 11) is 1.63. The number of amides is 1. The summed E-state index contributed by atoms with van der Waals surface area (Å²) in [4.78, 5) is 16.6. The molecule has 4 rings (SSSR count). The molecule has 1 saturated carbocycles. The van der Waals surface area contributed by atoms with E-state index in [1.54, 1.807) is 7.11 Å². The van der Waals surface area contributed by atoms with Crippen LogP contribution in [0.2, 0.25) is 0 Å². The number of hydrogen-bond donors (Lipinski definition) is 3. The van der Waals surface area contributed by atoms with Crippen LogP contribution in [0.3, 0.4) is 0 Å². The number of benzene rings is 1. The molecule has 3 atom stereocenters. The van der Waals surface area contributed by atoms with E-state index in [0.717, 1.165) is 49.0 Å². The fourth-order valence-electron chi connectivity index (χ4n) is 5.35. The number of aliphatic hydroxyl groups is 1. The summed E-state index contributed by atoms with van der Waals surface area (Å²) in [6.45, 7) is 8.50. The first-order valence-electron chi connectivity index (χ1n) is 13.1. The summed E-state index contributed by atoms with van der Waals surface area (Å²) >= 11 is 0.